The van der Waals surface area contributed by atoms with Gasteiger partial charge >= 0.3 is 51.4 Å². The van der Waals surface area contributed by atoms with Crippen LogP contribution in [0.4, 0.5) is 17.8 Å². The number of guanidine groups is 1. The normalized spacial score (nSPS) is 13.8. The summed E-state index contributed by atoms with van der Waals surface area (Å²) >= 11 is 0. The van der Waals surface area contributed by atoms with Crippen molar-refractivity contribution in [1.29, 1.82) is 5.41 Å². The number of carbonyl (C=O) groups excluding carboxylic acids is 2. The number of hydrogen-bond donors (Lipinski definition) is 1. The fourth-order valence-corrected chi connectivity index (χ4v) is 1.88. The molecule has 0 atom stereocenters. The van der Waals surface area contributed by atoms with Crippen molar-refractivity contribution in [1.82, 2.24) is 19.9 Å². The molecule has 11 nitrogen and oxygen atoms in total. The van der Waals surface area contributed by atoms with Gasteiger partial charge in [-0.2, -0.15) is 15.0 Å². The number of anilines is 3. The molecule has 1 N–H and O–H groups in total. The first-order valence-electron chi connectivity index (χ1n) is 6.67. The van der Waals surface area contributed by atoms with Crippen LogP contribution in [-0.2, 0) is 9.59 Å². The van der Waals surface area contributed by atoms with Crippen molar-refractivity contribution >= 4 is 35.7 Å². The summed E-state index contributed by atoms with van der Waals surface area (Å²) in [4.78, 5) is 40.6. The third-order valence-corrected chi connectivity index (χ3v) is 3.03. The van der Waals surface area contributed by atoms with Gasteiger partial charge in [0.25, 0.3) is 0 Å². The Kier molecular flexibility index (Phi) is 7.04. The summed E-state index contributed by atoms with van der Waals surface area (Å²) in [6.45, 7) is -0.893. The van der Waals surface area contributed by atoms with Gasteiger partial charge in [-0.25, -0.2) is 0 Å². The van der Waals surface area contributed by atoms with Crippen molar-refractivity contribution in [3.05, 3.63) is 0 Å². The van der Waals surface area contributed by atoms with Gasteiger partial charge in [0.15, 0.2) is 0 Å². The summed E-state index contributed by atoms with van der Waals surface area (Å²) < 4.78 is 0. The maximum absolute atomic E-state index is 11.9. The number of carboxylic acids is 1. The number of rotatable bonds is 5. The fourth-order valence-electron chi connectivity index (χ4n) is 1.88. The van der Waals surface area contributed by atoms with E-state index < -0.39 is 18.4 Å². The van der Waals surface area contributed by atoms with E-state index in [1.165, 1.54) is 4.90 Å². The Labute approximate surface area is 181 Å². The number of aliphatic carboxylic acids is 1. The van der Waals surface area contributed by atoms with Gasteiger partial charge in [0.2, 0.25) is 29.7 Å². The van der Waals surface area contributed by atoms with E-state index in [9.17, 15) is 14.7 Å². The molecular weight excluding hydrogens is 343 g/mol. The second-order valence-corrected chi connectivity index (χ2v) is 5.29. The van der Waals surface area contributed by atoms with E-state index >= 15 is 0 Å². The quantitative estimate of drug-likeness (QED) is 0.510. The molecule has 0 aliphatic carbocycles. The third kappa shape index (κ3) is 4.39. The summed E-state index contributed by atoms with van der Waals surface area (Å²) in [7, 11) is 7.01. The molecule has 0 unspecified atom stereocenters. The van der Waals surface area contributed by atoms with E-state index in [1.54, 1.807) is 38.0 Å². The molecule has 0 radical (unpaired) electrons. The summed E-state index contributed by atoms with van der Waals surface area (Å²) in [6.07, 6.45) is 0. The molecule has 1 aromatic heterocycles. The van der Waals surface area contributed by atoms with E-state index in [4.69, 9.17) is 5.41 Å². The Morgan fingerprint density at radius 3 is 2.08 bits per heavy atom. The van der Waals surface area contributed by atoms with Gasteiger partial charge in [0.1, 0.15) is 6.54 Å². The number of amides is 1. The maximum Gasteiger partial charge on any atom is 1.00 e. The van der Waals surface area contributed by atoms with E-state index in [0.717, 1.165) is 4.90 Å². The predicted molar refractivity (Wildman–Crippen MR) is 80.3 cm³/mol. The number of carboxylic acid groups (broad SMARTS) is 1. The first-order chi connectivity index (χ1) is 10.7. The van der Waals surface area contributed by atoms with Gasteiger partial charge in [-0.05, 0) is 0 Å². The molecule has 1 aromatic rings. The number of carbonyl (C=O) groups is 2. The molecule has 24 heavy (non-hydrogen) atoms. The smallest absolute Gasteiger partial charge is 0.548 e. The van der Waals surface area contributed by atoms with E-state index in [1.807, 2.05) is 0 Å². The van der Waals surface area contributed by atoms with Gasteiger partial charge < -0.3 is 19.7 Å². The van der Waals surface area contributed by atoms with Crippen molar-refractivity contribution in [3.8, 4) is 0 Å². The van der Waals surface area contributed by atoms with E-state index in [-0.39, 0.29) is 69.8 Å². The molecule has 1 aliphatic rings. The zero-order chi connectivity index (χ0) is 17.3. The van der Waals surface area contributed by atoms with Crippen molar-refractivity contribution < 1.29 is 66.1 Å². The van der Waals surface area contributed by atoms with Gasteiger partial charge in [-0.1, -0.05) is 0 Å². The minimum Gasteiger partial charge on any atom is -0.548 e. The molecule has 0 aromatic carbocycles. The number of aromatic nitrogens is 3. The van der Waals surface area contributed by atoms with Crippen molar-refractivity contribution in [3.63, 3.8) is 0 Å². The monoisotopic (exact) mass is 360 g/mol. The zero-order valence-electron chi connectivity index (χ0n) is 14.3. The van der Waals surface area contributed by atoms with Crippen LogP contribution in [0.5, 0.6) is 0 Å². The van der Waals surface area contributed by atoms with Gasteiger partial charge in [0.05, 0.1) is 12.5 Å². The van der Waals surface area contributed by atoms with Crippen LogP contribution in [0, 0.1) is 5.41 Å². The molecule has 1 saturated heterocycles. The molecule has 1 aliphatic heterocycles. The Hall–Kier alpha value is -1.34. The first-order valence-corrected chi connectivity index (χ1v) is 6.67. The average Bonchev–Trinajstić information content (AvgIpc) is 2.74. The van der Waals surface area contributed by atoms with Crippen LogP contribution in [0.3, 0.4) is 0 Å². The number of nitrogens with zero attached hydrogens (tertiary/aromatic N) is 7. The van der Waals surface area contributed by atoms with Crippen LogP contribution in [-0.4, -0.2) is 79.0 Å². The van der Waals surface area contributed by atoms with Crippen molar-refractivity contribution in [2.75, 3.05) is 56.0 Å². The summed E-state index contributed by atoms with van der Waals surface area (Å²) in [5, 5.41) is 18.7. The minimum atomic E-state index is -1.44. The second kappa shape index (κ2) is 8.16. The molecule has 12 heteroatoms. The Morgan fingerprint density at radius 1 is 1.17 bits per heavy atom. The van der Waals surface area contributed by atoms with E-state index in [0.29, 0.717) is 11.9 Å². The molecule has 0 saturated carbocycles. The van der Waals surface area contributed by atoms with Crippen molar-refractivity contribution in [2.45, 2.75) is 0 Å². The Morgan fingerprint density at radius 2 is 1.67 bits per heavy atom. The Balaban J connectivity index is 0.00000288. The molecule has 2 rings (SSSR count). The van der Waals surface area contributed by atoms with Crippen LogP contribution in [0.15, 0.2) is 0 Å². The molecule has 2 heterocycles. The van der Waals surface area contributed by atoms with Crippen LogP contribution in [0.25, 0.3) is 0 Å². The van der Waals surface area contributed by atoms with E-state index in [2.05, 4.69) is 15.0 Å². The van der Waals surface area contributed by atoms with Crippen LogP contribution < -0.4 is 71.2 Å². The van der Waals surface area contributed by atoms with Gasteiger partial charge in [-0.15, -0.1) is 0 Å². The minimum absolute atomic E-state index is 0. The summed E-state index contributed by atoms with van der Waals surface area (Å²) in [5.74, 6) is -1.46. The molecule has 0 bridgehead atoms. The molecular formula is C12H17KN8O3. The van der Waals surface area contributed by atoms with Crippen LogP contribution in [0.1, 0.15) is 0 Å². The molecule has 1 fully saturated rings. The van der Waals surface area contributed by atoms with Crippen molar-refractivity contribution in [2.24, 2.45) is 0 Å². The first kappa shape index (κ1) is 20.7. The molecule has 0 spiro atoms. The van der Waals surface area contributed by atoms with Crippen LogP contribution in [0.2, 0.25) is 0 Å². The average molecular weight is 360 g/mol. The zero-order valence-corrected chi connectivity index (χ0v) is 17.4. The number of nitrogens with one attached hydrogen (secondary N) is 1. The molecule has 1 amide bonds. The summed E-state index contributed by atoms with van der Waals surface area (Å²) in [5.41, 5.74) is 0. The SMILES string of the molecule is CN(C)c1nc(N(C)C)nc(N2CC(=O)N(CC(=O)[O-])C2=N)n1.[K+]. The fraction of sp³-hybridized carbons (Fsp3) is 0.500. The van der Waals surface area contributed by atoms with Crippen LogP contribution >= 0.6 is 0 Å². The standard InChI is InChI=1S/C12H18N8O3.K/c1-17(2)10-14-11(18(3)4)16-12(15-10)20-5-7(21)19(9(20)13)6-8(22)23;/h13H,5-6H2,1-4H3,(H,22,23);/q;+1/p-1. The number of hydrogen-bond acceptors (Lipinski definition) is 9. The predicted octanol–water partition coefficient (Wildman–Crippen LogP) is -5.66. The largest absolute Gasteiger partial charge is 1.00 e. The Bertz CT molecular complexity index is 639. The second-order valence-electron chi connectivity index (χ2n) is 5.29. The van der Waals surface area contributed by atoms with Gasteiger partial charge in [0, 0.05) is 28.2 Å². The van der Waals surface area contributed by atoms with Gasteiger partial charge in [-0.3, -0.25) is 20.0 Å². The third-order valence-electron chi connectivity index (χ3n) is 3.03. The summed E-state index contributed by atoms with van der Waals surface area (Å²) in [6, 6.07) is 0. The maximum atomic E-state index is 11.9. The molecule has 124 valence electrons. The topological polar surface area (TPSA) is 133 Å².